The number of fused-ring (bicyclic) bond motifs is 1. The van der Waals surface area contributed by atoms with E-state index in [-0.39, 0.29) is 11.4 Å². The van der Waals surface area contributed by atoms with Gasteiger partial charge in [-0.15, -0.1) is 0 Å². The number of carbonyl (C=O) groups excluding carboxylic acids is 2. The van der Waals surface area contributed by atoms with E-state index in [1.54, 1.807) is 36.4 Å². The standard InChI is InChI=1S/C23H15ClFN3O5/c24-14-3-7-17(8-4-14)27-20(13-1-5-15(25)6-2-13)19-21(33-27)23(30)26(22(19)29)16-9-11-18(12-10-16)28(31)32/h1-12,19-21H/t19-,20-,21+/m1/s1. The van der Waals surface area contributed by atoms with Crippen molar-refractivity contribution in [2.75, 3.05) is 9.96 Å². The van der Waals surface area contributed by atoms with E-state index in [4.69, 9.17) is 16.4 Å². The fraction of sp³-hybridized carbons (Fsp3) is 0.130. The molecule has 5 rings (SSSR count). The van der Waals surface area contributed by atoms with Crippen LogP contribution in [0, 0.1) is 21.8 Å². The molecule has 3 atom stereocenters. The van der Waals surface area contributed by atoms with Gasteiger partial charge in [0, 0.05) is 17.2 Å². The number of nitrogens with zero attached hydrogens (tertiary/aromatic N) is 3. The molecule has 2 amide bonds. The first-order valence-electron chi connectivity index (χ1n) is 9.94. The number of carbonyl (C=O) groups is 2. The minimum Gasteiger partial charge on any atom is -0.273 e. The van der Waals surface area contributed by atoms with Gasteiger partial charge in [-0.3, -0.25) is 24.5 Å². The van der Waals surface area contributed by atoms with Gasteiger partial charge in [-0.25, -0.2) is 14.4 Å². The number of hydroxylamine groups is 1. The molecule has 8 nitrogen and oxygen atoms in total. The Hall–Kier alpha value is -3.82. The normalized spacial score (nSPS) is 22.1. The summed E-state index contributed by atoms with van der Waals surface area (Å²) in [5.74, 6) is -2.44. The summed E-state index contributed by atoms with van der Waals surface area (Å²) >= 11 is 5.99. The molecule has 2 saturated heterocycles. The first-order valence-corrected chi connectivity index (χ1v) is 10.3. The average molecular weight is 468 g/mol. The molecule has 0 radical (unpaired) electrons. The Morgan fingerprint density at radius 1 is 0.879 bits per heavy atom. The summed E-state index contributed by atoms with van der Waals surface area (Å²) in [5, 5.41) is 12.9. The number of nitro benzene ring substituents is 1. The molecule has 2 fully saturated rings. The Kier molecular flexibility index (Phi) is 5.07. The molecule has 0 unspecified atom stereocenters. The lowest BCUT2D eigenvalue weighted by Gasteiger charge is -2.28. The number of benzene rings is 3. The number of non-ortho nitro benzene ring substituents is 1. The van der Waals surface area contributed by atoms with E-state index < -0.39 is 40.6 Å². The van der Waals surface area contributed by atoms with E-state index in [2.05, 4.69) is 0 Å². The zero-order valence-corrected chi connectivity index (χ0v) is 17.6. The first-order chi connectivity index (χ1) is 15.8. The molecule has 0 aromatic heterocycles. The zero-order chi connectivity index (χ0) is 23.3. The third-order valence-electron chi connectivity index (χ3n) is 5.73. The van der Waals surface area contributed by atoms with Crippen LogP contribution in [0.25, 0.3) is 0 Å². The summed E-state index contributed by atoms with van der Waals surface area (Å²) in [6.45, 7) is 0. The molecule has 3 aromatic carbocycles. The number of rotatable bonds is 4. The van der Waals surface area contributed by atoms with Crippen LogP contribution in [0.15, 0.2) is 72.8 Å². The molecule has 33 heavy (non-hydrogen) atoms. The van der Waals surface area contributed by atoms with E-state index in [0.717, 1.165) is 4.90 Å². The number of nitro groups is 1. The van der Waals surface area contributed by atoms with Gasteiger partial charge in [0.2, 0.25) is 5.91 Å². The summed E-state index contributed by atoms with van der Waals surface area (Å²) < 4.78 is 13.6. The molecule has 10 heteroatoms. The van der Waals surface area contributed by atoms with Crippen molar-refractivity contribution in [3.8, 4) is 0 Å². The number of imide groups is 1. The van der Waals surface area contributed by atoms with Crippen molar-refractivity contribution < 1.29 is 23.7 Å². The van der Waals surface area contributed by atoms with Gasteiger partial charge >= 0.3 is 0 Å². The fourth-order valence-electron chi connectivity index (χ4n) is 4.20. The molecule has 0 bridgehead atoms. The van der Waals surface area contributed by atoms with Gasteiger partial charge in [-0.05, 0) is 54.1 Å². The fourth-order valence-corrected chi connectivity index (χ4v) is 4.33. The largest absolute Gasteiger partial charge is 0.273 e. The van der Waals surface area contributed by atoms with Crippen LogP contribution in [-0.2, 0) is 14.4 Å². The maximum absolute atomic E-state index is 13.6. The van der Waals surface area contributed by atoms with E-state index in [9.17, 15) is 24.1 Å². The van der Waals surface area contributed by atoms with Crippen molar-refractivity contribution in [1.82, 2.24) is 0 Å². The first kappa shape index (κ1) is 21.0. The van der Waals surface area contributed by atoms with Crippen molar-refractivity contribution in [1.29, 1.82) is 0 Å². The SMILES string of the molecule is O=C1[C@H]2[C@H](ON(c3ccc(Cl)cc3)[C@@H]2c2ccc(F)cc2)C(=O)N1c1ccc([N+](=O)[O-])cc1. The molecule has 0 saturated carbocycles. The van der Waals surface area contributed by atoms with E-state index in [0.29, 0.717) is 16.3 Å². The molecule has 0 spiro atoms. The second-order valence-corrected chi connectivity index (χ2v) is 8.07. The maximum Gasteiger partial charge on any atom is 0.269 e. The highest BCUT2D eigenvalue weighted by atomic mass is 35.5. The Bertz CT molecular complexity index is 1250. The number of anilines is 2. The lowest BCUT2D eigenvalue weighted by Crippen LogP contribution is -2.37. The lowest BCUT2D eigenvalue weighted by molar-refractivity contribution is -0.384. The van der Waals surface area contributed by atoms with Crippen molar-refractivity contribution in [3.63, 3.8) is 0 Å². The molecule has 0 N–H and O–H groups in total. The average Bonchev–Trinajstić information content (AvgIpc) is 3.31. The van der Waals surface area contributed by atoms with Crippen LogP contribution in [0.1, 0.15) is 11.6 Å². The van der Waals surface area contributed by atoms with Gasteiger partial charge in [-0.2, -0.15) is 0 Å². The second-order valence-electron chi connectivity index (χ2n) is 7.64. The van der Waals surface area contributed by atoms with Gasteiger partial charge in [-0.1, -0.05) is 23.7 Å². The third-order valence-corrected chi connectivity index (χ3v) is 5.98. The molecule has 0 aliphatic carbocycles. The molecule has 166 valence electrons. The van der Waals surface area contributed by atoms with Gasteiger partial charge in [0.25, 0.3) is 11.6 Å². The van der Waals surface area contributed by atoms with Crippen LogP contribution in [0.2, 0.25) is 5.02 Å². The molecule has 2 aliphatic rings. The zero-order valence-electron chi connectivity index (χ0n) is 16.8. The predicted octanol–water partition coefficient (Wildman–Crippen LogP) is 4.44. The summed E-state index contributed by atoms with van der Waals surface area (Å²) in [4.78, 5) is 44.0. The van der Waals surface area contributed by atoms with Gasteiger partial charge < -0.3 is 0 Å². The van der Waals surface area contributed by atoms with Crippen molar-refractivity contribution in [2.24, 2.45) is 5.92 Å². The molecular weight excluding hydrogens is 453 g/mol. The predicted molar refractivity (Wildman–Crippen MR) is 117 cm³/mol. The topological polar surface area (TPSA) is 93.0 Å². The van der Waals surface area contributed by atoms with Gasteiger partial charge in [0.15, 0.2) is 6.10 Å². The third kappa shape index (κ3) is 3.51. The van der Waals surface area contributed by atoms with Crippen LogP contribution >= 0.6 is 11.6 Å². The summed E-state index contributed by atoms with van der Waals surface area (Å²) in [6, 6.07) is 16.8. The number of hydrogen-bond donors (Lipinski definition) is 0. The number of amides is 2. The highest BCUT2D eigenvalue weighted by Crippen LogP contribution is 2.47. The Labute approximate surface area is 191 Å². The van der Waals surface area contributed by atoms with Gasteiger partial charge in [0.1, 0.15) is 11.7 Å². The number of halogens is 2. The van der Waals surface area contributed by atoms with Crippen molar-refractivity contribution >= 4 is 40.5 Å². The Morgan fingerprint density at radius 2 is 1.48 bits per heavy atom. The lowest BCUT2D eigenvalue weighted by atomic mass is 9.90. The molecule has 2 aliphatic heterocycles. The van der Waals surface area contributed by atoms with Crippen LogP contribution < -0.4 is 9.96 Å². The van der Waals surface area contributed by atoms with E-state index in [1.807, 2.05) is 0 Å². The van der Waals surface area contributed by atoms with Crippen LogP contribution in [0.4, 0.5) is 21.5 Å². The summed E-state index contributed by atoms with van der Waals surface area (Å²) in [6.07, 6.45) is -1.11. The van der Waals surface area contributed by atoms with Crippen LogP contribution in [0.5, 0.6) is 0 Å². The highest BCUT2D eigenvalue weighted by Gasteiger charge is 2.60. The minimum absolute atomic E-state index is 0.160. The second kappa shape index (κ2) is 7.95. The maximum atomic E-state index is 13.6. The quantitative estimate of drug-likeness (QED) is 0.320. The van der Waals surface area contributed by atoms with E-state index in [1.165, 1.54) is 41.5 Å². The molecular formula is C23H15ClFN3O5. The summed E-state index contributed by atoms with van der Waals surface area (Å²) in [5.41, 5.74) is 1.22. The van der Waals surface area contributed by atoms with E-state index >= 15 is 0 Å². The van der Waals surface area contributed by atoms with Gasteiger partial charge in [0.05, 0.1) is 22.3 Å². The monoisotopic (exact) mass is 467 g/mol. The Morgan fingerprint density at radius 3 is 2.09 bits per heavy atom. The minimum atomic E-state index is -1.11. The summed E-state index contributed by atoms with van der Waals surface area (Å²) in [7, 11) is 0. The molecule has 2 heterocycles. The van der Waals surface area contributed by atoms with Crippen LogP contribution in [-0.4, -0.2) is 22.8 Å². The highest BCUT2D eigenvalue weighted by molar-refractivity contribution is 6.30. The number of hydrogen-bond acceptors (Lipinski definition) is 6. The van der Waals surface area contributed by atoms with Crippen molar-refractivity contribution in [3.05, 3.63) is 99.3 Å². The smallest absolute Gasteiger partial charge is 0.269 e. The Balaban J connectivity index is 1.55. The molecule has 3 aromatic rings. The van der Waals surface area contributed by atoms with Crippen molar-refractivity contribution in [2.45, 2.75) is 12.1 Å². The van der Waals surface area contributed by atoms with Crippen LogP contribution in [0.3, 0.4) is 0 Å².